The van der Waals surface area contributed by atoms with Crippen molar-refractivity contribution >= 4 is 0 Å². The average Bonchev–Trinajstić information content (AvgIpc) is 2.51. The van der Waals surface area contributed by atoms with Gasteiger partial charge in [-0.25, -0.2) is 4.39 Å². The SMILES string of the molecule is CCc1cc2c(cc1CCC#N)OCc1cc(F)ccc1-2. The number of aryl methyl sites for hydroxylation is 2. The molecule has 0 bridgehead atoms. The summed E-state index contributed by atoms with van der Waals surface area (Å²) in [5.41, 5.74) is 5.34. The van der Waals surface area contributed by atoms with Crippen molar-refractivity contribution in [3.8, 4) is 22.9 Å². The molecule has 0 unspecified atom stereocenters. The molecule has 1 heterocycles. The van der Waals surface area contributed by atoms with Gasteiger partial charge in [0.1, 0.15) is 18.2 Å². The van der Waals surface area contributed by atoms with Crippen LogP contribution in [0.1, 0.15) is 30.0 Å². The molecule has 0 radical (unpaired) electrons. The van der Waals surface area contributed by atoms with Gasteiger partial charge in [0.25, 0.3) is 0 Å². The summed E-state index contributed by atoms with van der Waals surface area (Å²) in [6, 6.07) is 11.2. The molecule has 0 N–H and O–H groups in total. The summed E-state index contributed by atoms with van der Waals surface area (Å²) in [5.74, 6) is 0.599. The predicted octanol–water partition coefficient (Wildman–Crippen LogP) is 4.40. The molecule has 2 aromatic carbocycles. The first-order valence-electron chi connectivity index (χ1n) is 7.17. The molecule has 0 saturated carbocycles. The second-order valence-electron chi connectivity index (χ2n) is 5.22. The maximum atomic E-state index is 13.3. The van der Waals surface area contributed by atoms with Gasteiger partial charge in [-0.2, -0.15) is 5.26 Å². The van der Waals surface area contributed by atoms with Gasteiger partial charge in [0.15, 0.2) is 0 Å². The number of nitrogens with zero attached hydrogens (tertiary/aromatic N) is 1. The summed E-state index contributed by atoms with van der Waals surface area (Å²) in [6.45, 7) is 2.50. The van der Waals surface area contributed by atoms with E-state index in [4.69, 9.17) is 10.00 Å². The van der Waals surface area contributed by atoms with Crippen molar-refractivity contribution in [3.05, 3.63) is 52.8 Å². The quantitative estimate of drug-likeness (QED) is 0.835. The number of fused-ring (bicyclic) bond motifs is 3. The highest BCUT2D eigenvalue weighted by atomic mass is 19.1. The Balaban J connectivity index is 2.10. The van der Waals surface area contributed by atoms with Crippen LogP contribution in [0, 0.1) is 17.1 Å². The monoisotopic (exact) mass is 281 g/mol. The summed E-state index contributed by atoms with van der Waals surface area (Å²) < 4.78 is 19.1. The molecule has 2 nitrogen and oxygen atoms in total. The van der Waals surface area contributed by atoms with E-state index < -0.39 is 0 Å². The largest absolute Gasteiger partial charge is 0.488 e. The Morgan fingerprint density at radius 2 is 2.05 bits per heavy atom. The Morgan fingerprint density at radius 1 is 1.19 bits per heavy atom. The zero-order valence-electron chi connectivity index (χ0n) is 11.9. The molecule has 0 atom stereocenters. The topological polar surface area (TPSA) is 33.0 Å². The Hall–Kier alpha value is -2.34. The van der Waals surface area contributed by atoms with Gasteiger partial charge in [-0.05, 0) is 53.8 Å². The zero-order valence-corrected chi connectivity index (χ0v) is 11.9. The van der Waals surface area contributed by atoms with Gasteiger partial charge in [-0.1, -0.05) is 13.0 Å². The first-order valence-corrected chi connectivity index (χ1v) is 7.17. The lowest BCUT2D eigenvalue weighted by atomic mass is 9.91. The second-order valence-corrected chi connectivity index (χ2v) is 5.22. The highest BCUT2D eigenvalue weighted by molar-refractivity contribution is 5.76. The van der Waals surface area contributed by atoms with E-state index >= 15 is 0 Å². The number of nitriles is 1. The maximum absolute atomic E-state index is 13.3. The van der Waals surface area contributed by atoms with Crippen LogP contribution in [0.3, 0.4) is 0 Å². The van der Waals surface area contributed by atoms with Crippen molar-refractivity contribution in [2.24, 2.45) is 0 Å². The van der Waals surface area contributed by atoms with Gasteiger partial charge in [0, 0.05) is 17.5 Å². The van der Waals surface area contributed by atoms with Crippen molar-refractivity contribution in [1.82, 2.24) is 0 Å². The van der Waals surface area contributed by atoms with Crippen molar-refractivity contribution in [3.63, 3.8) is 0 Å². The maximum Gasteiger partial charge on any atom is 0.127 e. The third kappa shape index (κ3) is 2.50. The third-order valence-electron chi connectivity index (χ3n) is 3.93. The summed E-state index contributed by atoms with van der Waals surface area (Å²) in [7, 11) is 0. The predicted molar refractivity (Wildman–Crippen MR) is 79.5 cm³/mol. The fraction of sp³-hybridized carbons (Fsp3) is 0.278. The van der Waals surface area contributed by atoms with Crippen LogP contribution >= 0.6 is 0 Å². The normalized spacial score (nSPS) is 12.0. The van der Waals surface area contributed by atoms with Crippen molar-refractivity contribution in [2.75, 3.05) is 0 Å². The first kappa shape index (κ1) is 13.6. The molecule has 0 amide bonds. The molecule has 1 aliphatic heterocycles. The molecule has 0 fully saturated rings. The fourth-order valence-electron chi connectivity index (χ4n) is 2.85. The van der Waals surface area contributed by atoms with Crippen LogP contribution in [0.2, 0.25) is 0 Å². The van der Waals surface area contributed by atoms with Crippen molar-refractivity contribution < 1.29 is 9.13 Å². The molecule has 0 aliphatic carbocycles. The Bertz CT molecular complexity index is 731. The number of halogens is 1. The minimum absolute atomic E-state index is 0.234. The van der Waals surface area contributed by atoms with E-state index in [0.29, 0.717) is 13.0 Å². The van der Waals surface area contributed by atoms with Gasteiger partial charge >= 0.3 is 0 Å². The minimum Gasteiger partial charge on any atom is -0.488 e. The van der Waals surface area contributed by atoms with Crippen LogP contribution in [0.5, 0.6) is 5.75 Å². The second kappa shape index (κ2) is 5.57. The fourth-order valence-corrected chi connectivity index (χ4v) is 2.85. The van der Waals surface area contributed by atoms with E-state index in [2.05, 4.69) is 19.1 Å². The number of benzene rings is 2. The first-order chi connectivity index (χ1) is 10.2. The Morgan fingerprint density at radius 3 is 2.81 bits per heavy atom. The van der Waals surface area contributed by atoms with Crippen LogP contribution in [-0.2, 0) is 19.4 Å². The zero-order chi connectivity index (χ0) is 14.8. The summed E-state index contributed by atoms with van der Waals surface area (Å²) >= 11 is 0. The van der Waals surface area contributed by atoms with Crippen molar-refractivity contribution in [1.29, 1.82) is 5.26 Å². The van der Waals surface area contributed by atoms with E-state index in [9.17, 15) is 4.39 Å². The molecule has 1 aliphatic rings. The average molecular weight is 281 g/mol. The Kier molecular flexibility index (Phi) is 3.62. The van der Waals surface area contributed by atoms with Crippen LogP contribution in [0.15, 0.2) is 30.3 Å². The lowest BCUT2D eigenvalue weighted by Crippen LogP contribution is -2.08. The summed E-state index contributed by atoms with van der Waals surface area (Å²) in [5, 5.41) is 8.77. The molecule has 106 valence electrons. The summed E-state index contributed by atoms with van der Waals surface area (Å²) in [6.07, 6.45) is 2.16. The lowest BCUT2D eigenvalue weighted by Gasteiger charge is -2.23. The van der Waals surface area contributed by atoms with Crippen LogP contribution in [0.4, 0.5) is 4.39 Å². The van der Waals surface area contributed by atoms with Crippen LogP contribution < -0.4 is 4.74 Å². The van der Waals surface area contributed by atoms with Gasteiger partial charge in [-0.15, -0.1) is 0 Å². The molecule has 2 aromatic rings. The molecule has 0 aromatic heterocycles. The highest BCUT2D eigenvalue weighted by Crippen LogP contribution is 2.39. The molecule has 0 spiro atoms. The van der Waals surface area contributed by atoms with Gasteiger partial charge in [0.05, 0.1) is 6.07 Å². The van der Waals surface area contributed by atoms with Crippen LogP contribution in [0.25, 0.3) is 11.1 Å². The van der Waals surface area contributed by atoms with E-state index in [1.807, 2.05) is 12.1 Å². The molecule has 0 saturated heterocycles. The smallest absolute Gasteiger partial charge is 0.127 e. The third-order valence-corrected chi connectivity index (χ3v) is 3.93. The molecule has 21 heavy (non-hydrogen) atoms. The van der Waals surface area contributed by atoms with E-state index in [-0.39, 0.29) is 5.82 Å². The van der Waals surface area contributed by atoms with Crippen molar-refractivity contribution in [2.45, 2.75) is 32.8 Å². The number of ether oxygens (including phenoxy) is 1. The number of hydrogen-bond acceptors (Lipinski definition) is 2. The van der Waals surface area contributed by atoms with E-state index in [1.54, 1.807) is 0 Å². The highest BCUT2D eigenvalue weighted by Gasteiger charge is 2.19. The van der Waals surface area contributed by atoms with Gasteiger partial charge < -0.3 is 4.74 Å². The number of rotatable bonds is 3. The molecular formula is C18H16FNO. The van der Waals surface area contributed by atoms with Gasteiger partial charge in [0.2, 0.25) is 0 Å². The van der Waals surface area contributed by atoms with E-state index in [0.717, 1.165) is 35.3 Å². The van der Waals surface area contributed by atoms with Crippen LogP contribution in [-0.4, -0.2) is 0 Å². The molecule has 3 rings (SSSR count). The number of hydrogen-bond donors (Lipinski definition) is 0. The minimum atomic E-state index is -0.234. The summed E-state index contributed by atoms with van der Waals surface area (Å²) in [4.78, 5) is 0. The standard InChI is InChI=1S/C18H16FNO/c1-2-12-9-17-16-6-5-15(19)8-14(16)11-21-18(17)10-13(12)4-3-7-20/h5-6,8-10H,2-4,11H2,1H3. The molecule has 3 heteroatoms. The lowest BCUT2D eigenvalue weighted by molar-refractivity contribution is 0.301. The Labute approximate surface area is 123 Å². The van der Waals surface area contributed by atoms with Gasteiger partial charge in [-0.3, -0.25) is 0 Å². The molecular weight excluding hydrogens is 265 g/mol. The van der Waals surface area contributed by atoms with E-state index in [1.165, 1.54) is 23.3 Å².